The van der Waals surface area contributed by atoms with Gasteiger partial charge >= 0.3 is 0 Å². The summed E-state index contributed by atoms with van der Waals surface area (Å²) in [5.41, 5.74) is 2.70. The van der Waals surface area contributed by atoms with E-state index in [0.717, 1.165) is 17.0 Å². The molecule has 3 aromatic rings. The van der Waals surface area contributed by atoms with Gasteiger partial charge in [-0.25, -0.2) is 4.98 Å². The summed E-state index contributed by atoms with van der Waals surface area (Å²) in [6.45, 7) is 0.509. The average molecular weight is 310 g/mol. The maximum Gasteiger partial charge on any atom is 0.234 e. The maximum absolute atomic E-state index is 12.2. The van der Waals surface area contributed by atoms with E-state index >= 15 is 0 Å². The van der Waals surface area contributed by atoms with Gasteiger partial charge in [-0.05, 0) is 24.3 Å². The molecule has 0 unspecified atom stereocenters. The fourth-order valence-electron chi connectivity index (χ4n) is 2.63. The fourth-order valence-corrected chi connectivity index (χ4v) is 3.78. The number of thioether (sulfide) groups is 1. The van der Waals surface area contributed by atoms with E-state index in [-0.39, 0.29) is 11.3 Å². The van der Waals surface area contributed by atoms with Gasteiger partial charge in [-0.2, -0.15) is 0 Å². The lowest BCUT2D eigenvalue weighted by Crippen LogP contribution is -2.28. The first-order valence-electron chi connectivity index (χ1n) is 7.06. The molecule has 4 heterocycles. The Morgan fingerprint density at radius 2 is 2.14 bits per heavy atom. The number of rotatable bonds is 3. The number of hydrogen-bond acceptors (Lipinski definition) is 4. The summed E-state index contributed by atoms with van der Waals surface area (Å²) in [4.78, 5) is 23.0. The minimum absolute atomic E-state index is 0.0292. The van der Waals surface area contributed by atoms with Gasteiger partial charge in [0.2, 0.25) is 5.91 Å². The summed E-state index contributed by atoms with van der Waals surface area (Å²) in [5, 5.41) is -0.0292. The molecule has 0 radical (unpaired) electrons. The zero-order valence-electron chi connectivity index (χ0n) is 11.8. The van der Waals surface area contributed by atoms with E-state index in [2.05, 4.69) is 9.97 Å². The van der Waals surface area contributed by atoms with Gasteiger partial charge < -0.3 is 9.30 Å². The number of pyridine rings is 2. The third kappa shape index (κ3) is 2.35. The first-order chi connectivity index (χ1) is 10.8. The van der Waals surface area contributed by atoms with Crippen LogP contribution in [0.4, 0.5) is 0 Å². The predicted molar refractivity (Wildman–Crippen MR) is 85.2 cm³/mol. The van der Waals surface area contributed by atoms with Gasteiger partial charge in [0.15, 0.2) is 0 Å². The van der Waals surface area contributed by atoms with Crippen molar-refractivity contribution in [2.24, 2.45) is 0 Å². The Hall–Kier alpha value is -2.34. The first kappa shape index (κ1) is 13.3. The lowest BCUT2D eigenvalue weighted by molar-refractivity contribution is -0.128. The van der Waals surface area contributed by atoms with Crippen LogP contribution in [0.25, 0.3) is 5.65 Å². The Labute approximate surface area is 132 Å². The highest BCUT2D eigenvalue weighted by molar-refractivity contribution is 8.00. The summed E-state index contributed by atoms with van der Waals surface area (Å²) in [6, 6.07) is 11.7. The molecule has 1 saturated heterocycles. The SMILES string of the molecule is O=C1CS[C@@H](c2ccccn2)N1Cc1cn2ccccc2n1. The number of carbonyl (C=O) groups excluding carboxylic acids is 1. The largest absolute Gasteiger partial charge is 0.318 e. The minimum atomic E-state index is -0.0292. The molecular weight excluding hydrogens is 296 g/mol. The first-order valence-corrected chi connectivity index (χ1v) is 8.11. The molecule has 1 aliphatic rings. The number of imidazole rings is 1. The zero-order valence-corrected chi connectivity index (χ0v) is 12.6. The van der Waals surface area contributed by atoms with Crippen molar-refractivity contribution in [2.45, 2.75) is 11.9 Å². The van der Waals surface area contributed by atoms with Crippen LogP contribution in [0, 0.1) is 0 Å². The van der Waals surface area contributed by atoms with Crippen LogP contribution in [0.1, 0.15) is 16.8 Å². The van der Waals surface area contributed by atoms with E-state index in [9.17, 15) is 4.79 Å². The molecule has 0 bridgehead atoms. The highest BCUT2D eigenvalue weighted by Gasteiger charge is 2.34. The molecule has 1 aliphatic heterocycles. The Morgan fingerprint density at radius 1 is 1.23 bits per heavy atom. The summed E-state index contributed by atoms with van der Waals surface area (Å²) in [5.74, 6) is 0.631. The Morgan fingerprint density at radius 3 is 2.95 bits per heavy atom. The molecule has 0 aliphatic carbocycles. The molecule has 0 N–H and O–H groups in total. The molecule has 22 heavy (non-hydrogen) atoms. The minimum Gasteiger partial charge on any atom is -0.318 e. The van der Waals surface area contributed by atoms with Gasteiger partial charge in [0.25, 0.3) is 0 Å². The average Bonchev–Trinajstić information content (AvgIpc) is 3.12. The molecule has 0 spiro atoms. The quantitative estimate of drug-likeness (QED) is 0.746. The summed E-state index contributed by atoms with van der Waals surface area (Å²) in [6.07, 6.45) is 5.70. The van der Waals surface area contributed by atoms with Crippen LogP contribution in [-0.4, -0.2) is 30.9 Å². The van der Waals surface area contributed by atoms with E-state index < -0.39 is 0 Å². The number of fused-ring (bicyclic) bond motifs is 1. The van der Waals surface area contributed by atoms with Gasteiger partial charge in [0.05, 0.1) is 23.7 Å². The van der Waals surface area contributed by atoms with Crippen molar-refractivity contribution < 1.29 is 4.79 Å². The van der Waals surface area contributed by atoms with Crippen LogP contribution in [0.5, 0.6) is 0 Å². The monoisotopic (exact) mass is 310 g/mol. The number of aromatic nitrogens is 3. The lowest BCUT2D eigenvalue weighted by atomic mass is 10.3. The van der Waals surface area contributed by atoms with Crippen LogP contribution in [-0.2, 0) is 11.3 Å². The second kappa shape index (κ2) is 5.46. The van der Waals surface area contributed by atoms with Crippen molar-refractivity contribution in [3.63, 3.8) is 0 Å². The topological polar surface area (TPSA) is 50.5 Å². The standard InChI is InChI=1S/C16H14N4OS/c21-15-11-22-16(13-5-1-3-7-17-13)20(15)10-12-9-19-8-4-2-6-14(19)18-12/h1-9,16H,10-11H2/t16-/m0/s1. The van der Waals surface area contributed by atoms with Crippen LogP contribution < -0.4 is 0 Å². The van der Waals surface area contributed by atoms with E-state index in [0.29, 0.717) is 12.3 Å². The van der Waals surface area contributed by atoms with Crippen molar-refractivity contribution >= 4 is 23.3 Å². The molecule has 0 aromatic carbocycles. The molecule has 110 valence electrons. The number of carbonyl (C=O) groups is 1. The zero-order chi connectivity index (χ0) is 14.9. The van der Waals surface area contributed by atoms with E-state index in [4.69, 9.17) is 0 Å². The molecule has 6 heteroatoms. The molecule has 3 aromatic heterocycles. The third-order valence-corrected chi connectivity index (χ3v) is 4.88. The van der Waals surface area contributed by atoms with Gasteiger partial charge in [-0.1, -0.05) is 12.1 Å². The molecule has 1 amide bonds. The van der Waals surface area contributed by atoms with E-state index in [1.807, 2.05) is 58.1 Å². The molecule has 1 fully saturated rings. The van der Waals surface area contributed by atoms with E-state index in [1.165, 1.54) is 0 Å². The van der Waals surface area contributed by atoms with Gasteiger partial charge in [-0.15, -0.1) is 11.8 Å². The molecule has 0 saturated carbocycles. The highest BCUT2D eigenvalue weighted by atomic mass is 32.2. The van der Waals surface area contributed by atoms with Gasteiger partial charge in [0, 0.05) is 18.6 Å². The van der Waals surface area contributed by atoms with Crippen LogP contribution in [0.2, 0.25) is 0 Å². The number of nitrogens with zero attached hydrogens (tertiary/aromatic N) is 4. The fraction of sp³-hybridized carbons (Fsp3) is 0.188. The summed E-state index contributed by atoms with van der Waals surface area (Å²) in [7, 11) is 0. The normalized spacial score (nSPS) is 18.3. The maximum atomic E-state index is 12.2. The second-order valence-electron chi connectivity index (χ2n) is 5.14. The van der Waals surface area contributed by atoms with E-state index in [1.54, 1.807) is 18.0 Å². The van der Waals surface area contributed by atoms with Crippen molar-refractivity contribution in [3.05, 3.63) is 66.4 Å². The summed E-state index contributed by atoms with van der Waals surface area (Å²) < 4.78 is 1.97. The smallest absolute Gasteiger partial charge is 0.234 e. The van der Waals surface area contributed by atoms with Crippen molar-refractivity contribution in [1.29, 1.82) is 0 Å². The van der Waals surface area contributed by atoms with Crippen LogP contribution in [0.3, 0.4) is 0 Å². The van der Waals surface area contributed by atoms with Gasteiger partial charge in [-0.3, -0.25) is 9.78 Å². The van der Waals surface area contributed by atoms with Crippen LogP contribution >= 0.6 is 11.8 Å². The Balaban J connectivity index is 1.63. The highest BCUT2D eigenvalue weighted by Crippen LogP contribution is 2.38. The third-order valence-electron chi connectivity index (χ3n) is 3.66. The molecule has 5 nitrogen and oxygen atoms in total. The lowest BCUT2D eigenvalue weighted by Gasteiger charge is -2.22. The number of hydrogen-bond donors (Lipinski definition) is 0. The predicted octanol–water partition coefficient (Wildman–Crippen LogP) is 2.50. The molecule has 4 rings (SSSR count). The molecule has 1 atom stereocenters. The van der Waals surface area contributed by atoms with Crippen LogP contribution in [0.15, 0.2) is 55.0 Å². The Kier molecular flexibility index (Phi) is 3.31. The van der Waals surface area contributed by atoms with Crippen molar-refractivity contribution in [2.75, 3.05) is 5.75 Å². The van der Waals surface area contributed by atoms with Crippen molar-refractivity contribution in [1.82, 2.24) is 19.3 Å². The van der Waals surface area contributed by atoms with Gasteiger partial charge in [0.1, 0.15) is 11.0 Å². The summed E-state index contributed by atoms with van der Waals surface area (Å²) >= 11 is 1.62. The second-order valence-corrected chi connectivity index (χ2v) is 6.21. The number of amides is 1. The van der Waals surface area contributed by atoms with Crippen molar-refractivity contribution in [3.8, 4) is 0 Å². The Bertz CT molecular complexity index is 784. The molecular formula is C16H14N4OS.